The number of benzene rings is 1. The lowest BCUT2D eigenvalue weighted by atomic mass is 9.96. The molecule has 1 fully saturated rings. The number of hydrogen-bond acceptors (Lipinski definition) is 3. The Balaban J connectivity index is 2.03. The summed E-state index contributed by atoms with van der Waals surface area (Å²) in [4.78, 5) is 13.9. The van der Waals surface area contributed by atoms with Crippen LogP contribution in [0.3, 0.4) is 0 Å². The van der Waals surface area contributed by atoms with E-state index in [1.807, 2.05) is 0 Å². The number of ether oxygens (including phenoxy) is 1. The fourth-order valence-corrected chi connectivity index (χ4v) is 2.64. The van der Waals surface area contributed by atoms with Gasteiger partial charge >= 0.3 is 5.97 Å². The molecule has 1 aliphatic rings. The van der Waals surface area contributed by atoms with Gasteiger partial charge in [-0.1, -0.05) is 25.1 Å². The highest BCUT2D eigenvalue weighted by atomic mass is 16.5. The average molecular weight is 247 g/mol. The number of aryl methyl sites for hydroxylation is 1. The predicted molar refractivity (Wildman–Crippen MR) is 72.8 cm³/mol. The molecule has 1 aromatic carbocycles. The number of piperidine rings is 1. The molecular formula is C15H21NO2. The van der Waals surface area contributed by atoms with Crippen LogP contribution in [0.5, 0.6) is 0 Å². The molecule has 0 N–H and O–H groups in total. The number of nitrogens with zero attached hydrogens (tertiary/aromatic N) is 1. The fraction of sp³-hybridized carbons (Fsp3) is 0.533. The van der Waals surface area contributed by atoms with Gasteiger partial charge in [-0.2, -0.15) is 0 Å². The standard InChI is InChI=1S/C15H21NO2/c1-3-12-6-4-5-7-14(12)16-10-8-13(9-11-16)15(17)18-2/h4-7,13H,3,8-11H2,1-2H3. The molecule has 0 bridgehead atoms. The molecule has 98 valence electrons. The summed E-state index contributed by atoms with van der Waals surface area (Å²) >= 11 is 0. The molecule has 1 heterocycles. The van der Waals surface area contributed by atoms with Gasteiger partial charge in [-0.05, 0) is 30.9 Å². The molecule has 3 nitrogen and oxygen atoms in total. The third-order valence-electron chi connectivity index (χ3n) is 3.74. The molecule has 1 saturated heterocycles. The second-order valence-electron chi connectivity index (χ2n) is 4.77. The number of carbonyl (C=O) groups excluding carboxylic acids is 1. The Morgan fingerprint density at radius 2 is 2.00 bits per heavy atom. The second kappa shape index (κ2) is 5.89. The number of esters is 1. The Morgan fingerprint density at radius 3 is 2.61 bits per heavy atom. The van der Waals surface area contributed by atoms with Crippen LogP contribution >= 0.6 is 0 Å². The zero-order valence-corrected chi connectivity index (χ0v) is 11.2. The summed E-state index contributed by atoms with van der Waals surface area (Å²) in [5.74, 6) is 0.0264. The van der Waals surface area contributed by atoms with E-state index in [1.165, 1.54) is 18.4 Å². The highest BCUT2D eigenvalue weighted by Gasteiger charge is 2.26. The van der Waals surface area contributed by atoms with Crippen LogP contribution < -0.4 is 4.90 Å². The van der Waals surface area contributed by atoms with E-state index in [0.29, 0.717) is 0 Å². The van der Waals surface area contributed by atoms with Gasteiger partial charge in [-0.3, -0.25) is 4.79 Å². The number of carbonyl (C=O) groups is 1. The molecule has 1 aromatic rings. The molecule has 0 atom stereocenters. The molecule has 1 aliphatic heterocycles. The zero-order chi connectivity index (χ0) is 13.0. The Kier molecular flexibility index (Phi) is 4.24. The first-order chi connectivity index (χ1) is 8.76. The molecule has 0 unspecified atom stereocenters. The Morgan fingerprint density at radius 1 is 1.33 bits per heavy atom. The van der Waals surface area contributed by atoms with Crippen LogP contribution in [0.1, 0.15) is 25.3 Å². The normalized spacial score (nSPS) is 16.7. The monoisotopic (exact) mass is 247 g/mol. The number of methoxy groups -OCH3 is 1. The van der Waals surface area contributed by atoms with Crippen molar-refractivity contribution in [3.63, 3.8) is 0 Å². The van der Waals surface area contributed by atoms with Crippen molar-refractivity contribution in [3.8, 4) is 0 Å². The van der Waals surface area contributed by atoms with E-state index in [1.54, 1.807) is 0 Å². The molecule has 0 radical (unpaired) electrons. The topological polar surface area (TPSA) is 29.5 Å². The molecule has 0 amide bonds. The van der Waals surface area contributed by atoms with E-state index in [0.717, 1.165) is 32.4 Å². The number of para-hydroxylation sites is 1. The second-order valence-corrected chi connectivity index (χ2v) is 4.77. The quantitative estimate of drug-likeness (QED) is 0.769. The smallest absolute Gasteiger partial charge is 0.308 e. The molecule has 0 saturated carbocycles. The van der Waals surface area contributed by atoms with Crippen molar-refractivity contribution < 1.29 is 9.53 Å². The fourth-order valence-electron chi connectivity index (χ4n) is 2.64. The maximum Gasteiger partial charge on any atom is 0.308 e. The maximum absolute atomic E-state index is 11.5. The Labute approximate surface area is 109 Å². The summed E-state index contributed by atoms with van der Waals surface area (Å²) in [7, 11) is 1.47. The summed E-state index contributed by atoms with van der Waals surface area (Å²) in [6.07, 6.45) is 2.84. The van der Waals surface area contributed by atoms with Crippen LogP contribution in [0.4, 0.5) is 5.69 Å². The molecular weight excluding hydrogens is 226 g/mol. The van der Waals surface area contributed by atoms with Gasteiger partial charge < -0.3 is 9.64 Å². The summed E-state index contributed by atoms with van der Waals surface area (Å²) < 4.78 is 4.82. The summed E-state index contributed by atoms with van der Waals surface area (Å²) in [5.41, 5.74) is 2.71. The van der Waals surface area contributed by atoms with Crippen LogP contribution in [0, 0.1) is 5.92 Å². The minimum atomic E-state index is -0.0570. The van der Waals surface area contributed by atoms with Crippen molar-refractivity contribution in [2.75, 3.05) is 25.1 Å². The first kappa shape index (κ1) is 12.9. The SMILES string of the molecule is CCc1ccccc1N1CCC(C(=O)OC)CC1. The number of hydrogen-bond donors (Lipinski definition) is 0. The summed E-state index contributed by atoms with van der Waals surface area (Å²) in [5, 5.41) is 0. The Hall–Kier alpha value is -1.51. The van der Waals surface area contributed by atoms with E-state index in [9.17, 15) is 4.79 Å². The summed E-state index contributed by atoms with van der Waals surface area (Å²) in [6, 6.07) is 8.53. The molecule has 2 rings (SSSR count). The van der Waals surface area contributed by atoms with Gasteiger partial charge in [0.1, 0.15) is 0 Å². The largest absolute Gasteiger partial charge is 0.469 e. The summed E-state index contributed by atoms with van der Waals surface area (Å²) in [6.45, 7) is 4.06. The molecule has 3 heteroatoms. The molecule has 0 aliphatic carbocycles. The first-order valence-corrected chi connectivity index (χ1v) is 6.67. The van der Waals surface area contributed by atoms with Crippen LogP contribution in [0.2, 0.25) is 0 Å². The lowest BCUT2D eigenvalue weighted by Gasteiger charge is -2.33. The average Bonchev–Trinajstić information content (AvgIpc) is 2.46. The van der Waals surface area contributed by atoms with Gasteiger partial charge in [0.2, 0.25) is 0 Å². The lowest BCUT2D eigenvalue weighted by molar-refractivity contribution is -0.146. The molecule has 18 heavy (non-hydrogen) atoms. The van der Waals surface area contributed by atoms with E-state index >= 15 is 0 Å². The number of anilines is 1. The van der Waals surface area contributed by atoms with Crippen molar-refractivity contribution in [2.24, 2.45) is 5.92 Å². The van der Waals surface area contributed by atoms with Gasteiger partial charge in [0, 0.05) is 18.8 Å². The maximum atomic E-state index is 11.5. The van der Waals surface area contributed by atoms with E-state index < -0.39 is 0 Å². The van der Waals surface area contributed by atoms with Crippen molar-refractivity contribution in [3.05, 3.63) is 29.8 Å². The number of rotatable bonds is 3. The van der Waals surface area contributed by atoms with Crippen molar-refractivity contribution in [1.29, 1.82) is 0 Å². The van der Waals surface area contributed by atoms with Crippen LogP contribution in [-0.2, 0) is 16.0 Å². The molecule has 0 spiro atoms. The lowest BCUT2D eigenvalue weighted by Crippen LogP contribution is -2.37. The zero-order valence-electron chi connectivity index (χ0n) is 11.2. The molecule has 0 aromatic heterocycles. The van der Waals surface area contributed by atoms with Crippen LogP contribution in [0.25, 0.3) is 0 Å². The van der Waals surface area contributed by atoms with Crippen molar-refractivity contribution in [1.82, 2.24) is 0 Å². The van der Waals surface area contributed by atoms with E-state index in [-0.39, 0.29) is 11.9 Å². The first-order valence-electron chi connectivity index (χ1n) is 6.67. The van der Waals surface area contributed by atoms with Gasteiger partial charge in [0.15, 0.2) is 0 Å². The van der Waals surface area contributed by atoms with Crippen molar-refractivity contribution in [2.45, 2.75) is 26.2 Å². The van der Waals surface area contributed by atoms with Gasteiger partial charge in [0.05, 0.1) is 13.0 Å². The predicted octanol–water partition coefficient (Wildman–Crippen LogP) is 2.64. The van der Waals surface area contributed by atoms with Gasteiger partial charge in [0.25, 0.3) is 0 Å². The van der Waals surface area contributed by atoms with Crippen LogP contribution in [0.15, 0.2) is 24.3 Å². The highest BCUT2D eigenvalue weighted by molar-refractivity contribution is 5.72. The highest BCUT2D eigenvalue weighted by Crippen LogP contribution is 2.27. The van der Waals surface area contributed by atoms with Gasteiger partial charge in [-0.25, -0.2) is 0 Å². The van der Waals surface area contributed by atoms with Gasteiger partial charge in [-0.15, -0.1) is 0 Å². The minimum absolute atomic E-state index is 0.0570. The van der Waals surface area contributed by atoms with Crippen LogP contribution in [-0.4, -0.2) is 26.2 Å². The van der Waals surface area contributed by atoms with E-state index in [2.05, 4.69) is 36.1 Å². The van der Waals surface area contributed by atoms with Crippen molar-refractivity contribution >= 4 is 11.7 Å². The third kappa shape index (κ3) is 2.66. The van der Waals surface area contributed by atoms with E-state index in [4.69, 9.17) is 4.74 Å². The third-order valence-corrected chi connectivity index (χ3v) is 3.74. The Bertz CT molecular complexity index is 409. The minimum Gasteiger partial charge on any atom is -0.469 e.